The first kappa shape index (κ1) is 23.5. The zero-order chi connectivity index (χ0) is 25.2. The van der Waals surface area contributed by atoms with Crippen molar-refractivity contribution in [3.63, 3.8) is 0 Å². The molecule has 3 fully saturated rings. The molecule has 2 aromatic carbocycles. The van der Waals surface area contributed by atoms with Gasteiger partial charge in [0, 0.05) is 67.9 Å². The summed E-state index contributed by atoms with van der Waals surface area (Å²) in [6.07, 6.45) is 3.66. The molecule has 4 heterocycles. The smallest absolute Gasteiger partial charge is 0.321 e. The first-order valence-electron chi connectivity index (χ1n) is 13.1. The maximum atomic E-state index is 12.9. The lowest BCUT2D eigenvalue weighted by Crippen LogP contribution is -2.40. The summed E-state index contributed by atoms with van der Waals surface area (Å²) in [6, 6.07) is 16.1. The molecule has 0 atom stereocenters. The van der Waals surface area contributed by atoms with Gasteiger partial charge >= 0.3 is 12.1 Å². The Morgan fingerprint density at radius 3 is 2.43 bits per heavy atom. The maximum Gasteiger partial charge on any atom is 0.321 e. The molecule has 0 aliphatic carbocycles. The zero-order valence-electron chi connectivity index (χ0n) is 20.9. The predicted octanol–water partition coefficient (Wildman–Crippen LogP) is 4.01. The minimum Gasteiger partial charge on any atom is -0.378 e. The highest BCUT2D eigenvalue weighted by Gasteiger charge is 2.26. The molecule has 1 aromatic heterocycles. The molecule has 0 saturated carbocycles. The van der Waals surface area contributed by atoms with Crippen LogP contribution in [0.15, 0.2) is 54.7 Å². The minimum atomic E-state index is -0.0609. The van der Waals surface area contributed by atoms with E-state index in [1.54, 1.807) is 4.90 Å². The molecule has 0 spiro atoms. The normalized spacial score (nSPS) is 18.8. The average Bonchev–Trinajstić information content (AvgIpc) is 3.39. The first-order valence-corrected chi connectivity index (χ1v) is 13.1. The van der Waals surface area contributed by atoms with Gasteiger partial charge in [0.2, 0.25) is 0 Å². The number of fused-ring (bicyclic) bond motifs is 1. The number of hydrogen-bond donors (Lipinski definition) is 2. The summed E-state index contributed by atoms with van der Waals surface area (Å²) in [5, 5.41) is 7.03. The van der Waals surface area contributed by atoms with Gasteiger partial charge in [-0.2, -0.15) is 0 Å². The van der Waals surface area contributed by atoms with Crippen LogP contribution in [0.4, 0.5) is 26.7 Å². The molecule has 0 unspecified atom stereocenters. The molecule has 3 aliphatic rings. The van der Waals surface area contributed by atoms with Gasteiger partial charge < -0.3 is 25.2 Å². The Balaban J connectivity index is 1.08. The van der Waals surface area contributed by atoms with Crippen LogP contribution in [-0.2, 0) is 4.74 Å². The largest absolute Gasteiger partial charge is 0.378 e. The SMILES string of the molecule is O=C(Nc1ccc(N2CCOCC2)cc1)N1CCC(c2ccnc3cc(N4CCNC4=O)ccc23)CC1. The molecule has 9 heteroatoms. The number of likely N-dealkylation sites (tertiary alicyclic amines) is 1. The summed E-state index contributed by atoms with van der Waals surface area (Å²) in [5.74, 6) is 0.364. The molecular formula is C28H32N6O3. The van der Waals surface area contributed by atoms with Crippen LogP contribution in [0.5, 0.6) is 0 Å². The van der Waals surface area contributed by atoms with Crippen LogP contribution in [0.3, 0.4) is 0 Å². The van der Waals surface area contributed by atoms with Gasteiger partial charge in [0.05, 0.1) is 18.7 Å². The van der Waals surface area contributed by atoms with Gasteiger partial charge in [-0.05, 0) is 66.8 Å². The molecule has 3 saturated heterocycles. The number of aromatic nitrogens is 1. The van der Waals surface area contributed by atoms with Crippen LogP contribution in [0.1, 0.15) is 24.3 Å². The van der Waals surface area contributed by atoms with Gasteiger partial charge in [-0.1, -0.05) is 6.07 Å². The number of benzene rings is 2. The van der Waals surface area contributed by atoms with Gasteiger partial charge in [0.25, 0.3) is 0 Å². The van der Waals surface area contributed by atoms with Crippen molar-refractivity contribution in [2.75, 3.05) is 67.6 Å². The number of anilines is 3. The third kappa shape index (κ3) is 4.91. The second kappa shape index (κ2) is 10.3. The third-order valence-corrected chi connectivity index (χ3v) is 7.65. The van der Waals surface area contributed by atoms with Crippen LogP contribution in [0, 0.1) is 0 Å². The molecule has 4 amide bonds. The molecule has 0 radical (unpaired) electrons. The maximum absolute atomic E-state index is 12.9. The van der Waals surface area contributed by atoms with E-state index >= 15 is 0 Å². The van der Waals surface area contributed by atoms with E-state index in [9.17, 15) is 9.59 Å². The second-order valence-electron chi connectivity index (χ2n) is 9.82. The second-order valence-corrected chi connectivity index (χ2v) is 9.82. The molecule has 3 aliphatic heterocycles. The van der Waals surface area contributed by atoms with Crippen LogP contribution >= 0.6 is 0 Å². The number of pyridine rings is 1. The van der Waals surface area contributed by atoms with Gasteiger partial charge in [-0.3, -0.25) is 9.88 Å². The highest BCUT2D eigenvalue weighted by molar-refractivity contribution is 5.97. The fraction of sp³-hybridized carbons (Fsp3) is 0.393. The molecule has 192 valence electrons. The number of urea groups is 2. The quantitative estimate of drug-likeness (QED) is 0.565. The fourth-order valence-corrected chi connectivity index (χ4v) is 5.57. The van der Waals surface area contributed by atoms with E-state index < -0.39 is 0 Å². The van der Waals surface area contributed by atoms with Crippen LogP contribution in [-0.4, -0.2) is 74.4 Å². The molecule has 37 heavy (non-hydrogen) atoms. The molecule has 3 aromatic rings. The number of ether oxygens (including phenoxy) is 1. The number of hydrogen-bond acceptors (Lipinski definition) is 5. The van der Waals surface area contributed by atoms with E-state index in [4.69, 9.17) is 4.74 Å². The summed E-state index contributed by atoms with van der Waals surface area (Å²) in [4.78, 5) is 35.5. The summed E-state index contributed by atoms with van der Waals surface area (Å²) in [5.41, 5.74) is 5.00. The summed E-state index contributed by atoms with van der Waals surface area (Å²) >= 11 is 0. The van der Waals surface area contributed by atoms with E-state index in [0.717, 1.165) is 67.1 Å². The van der Waals surface area contributed by atoms with E-state index in [0.29, 0.717) is 32.1 Å². The van der Waals surface area contributed by atoms with Crippen molar-refractivity contribution < 1.29 is 14.3 Å². The van der Waals surface area contributed by atoms with Gasteiger partial charge in [0.15, 0.2) is 0 Å². The molecular weight excluding hydrogens is 468 g/mol. The summed E-state index contributed by atoms with van der Waals surface area (Å²) < 4.78 is 5.43. The molecule has 6 rings (SSSR count). The molecule has 0 bridgehead atoms. The topological polar surface area (TPSA) is 90.0 Å². The molecule has 9 nitrogen and oxygen atoms in total. The van der Waals surface area contributed by atoms with Crippen molar-refractivity contribution in [3.8, 4) is 0 Å². The van der Waals surface area contributed by atoms with Crippen molar-refractivity contribution in [3.05, 3.63) is 60.3 Å². The Hall–Kier alpha value is -3.85. The highest BCUT2D eigenvalue weighted by Crippen LogP contribution is 2.34. The van der Waals surface area contributed by atoms with Crippen molar-refractivity contribution >= 4 is 40.0 Å². The van der Waals surface area contributed by atoms with E-state index in [-0.39, 0.29) is 12.1 Å². The van der Waals surface area contributed by atoms with Crippen molar-refractivity contribution in [1.29, 1.82) is 0 Å². The predicted molar refractivity (Wildman–Crippen MR) is 145 cm³/mol. The monoisotopic (exact) mass is 500 g/mol. The number of nitrogens with zero attached hydrogens (tertiary/aromatic N) is 4. The zero-order valence-corrected chi connectivity index (χ0v) is 20.9. The highest BCUT2D eigenvalue weighted by atomic mass is 16.5. The standard InChI is InChI=1S/C28H32N6O3/c35-27-30-11-14-34(27)23-5-6-25-24(7-10-29-26(25)19-23)20-8-12-33(13-9-20)28(36)31-21-1-3-22(4-2-21)32-15-17-37-18-16-32/h1-7,10,19-20H,8-9,11-18H2,(H,30,35)(H,31,36). The molecule has 2 N–H and O–H groups in total. The Kier molecular flexibility index (Phi) is 6.53. The number of rotatable bonds is 4. The summed E-state index contributed by atoms with van der Waals surface area (Å²) in [7, 11) is 0. The van der Waals surface area contributed by atoms with E-state index in [1.807, 2.05) is 35.4 Å². The Morgan fingerprint density at radius 2 is 1.70 bits per heavy atom. The van der Waals surface area contributed by atoms with Crippen LogP contribution in [0.25, 0.3) is 10.9 Å². The van der Waals surface area contributed by atoms with Crippen molar-refractivity contribution in [2.24, 2.45) is 0 Å². The van der Waals surface area contributed by atoms with Crippen LogP contribution < -0.4 is 20.4 Å². The van der Waals surface area contributed by atoms with Crippen molar-refractivity contribution in [1.82, 2.24) is 15.2 Å². The first-order chi connectivity index (χ1) is 18.2. The van der Waals surface area contributed by atoms with E-state index in [1.165, 1.54) is 5.56 Å². The fourth-order valence-electron chi connectivity index (χ4n) is 5.57. The number of nitrogens with one attached hydrogen (secondary N) is 2. The van der Waals surface area contributed by atoms with Gasteiger partial charge in [-0.15, -0.1) is 0 Å². The van der Waals surface area contributed by atoms with Gasteiger partial charge in [0.1, 0.15) is 0 Å². The Labute approximate surface area is 216 Å². The summed E-state index contributed by atoms with van der Waals surface area (Å²) in [6.45, 7) is 6.04. The average molecular weight is 501 g/mol. The van der Waals surface area contributed by atoms with Crippen molar-refractivity contribution in [2.45, 2.75) is 18.8 Å². The Morgan fingerprint density at radius 1 is 0.946 bits per heavy atom. The third-order valence-electron chi connectivity index (χ3n) is 7.65. The van der Waals surface area contributed by atoms with Gasteiger partial charge in [-0.25, -0.2) is 9.59 Å². The lowest BCUT2D eigenvalue weighted by Gasteiger charge is -2.33. The number of amides is 4. The lowest BCUT2D eigenvalue weighted by atomic mass is 9.87. The Bertz CT molecular complexity index is 1280. The number of piperidine rings is 1. The minimum absolute atomic E-state index is 0.0503. The lowest BCUT2D eigenvalue weighted by molar-refractivity contribution is 0.122. The van der Waals surface area contributed by atoms with Crippen LogP contribution in [0.2, 0.25) is 0 Å². The number of morpholine rings is 1. The van der Waals surface area contributed by atoms with E-state index in [2.05, 4.69) is 44.8 Å². The number of carbonyl (C=O) groups excluding carboxylic acids is 2. The number of carbonyl (C=O) groups is 2.